The molecule has 2 N–H and O–H groups in total. The number of hydrogen-bond donors (Lipinski definition) is 2. The minimum Gasteiger partial charge on any atom is -0.508 e. The van der Waals surface area contributed by atoms with E-state index in [9.17, 15) is 14.7 Å². The molecule has 3 atom stereocenters. The number of aromatic hydroxyl groups is 1. The third-order valence-electron chi connectivity index (χ3n) is 5.94. The van der Waals surface area contributed by atoms with Crippen molar-refractivity contribution < 1.29 is 19.4 Å². The number of phenolic OH excluding ortho intramolecular Hbond substituents is 1. The summed E-state index contributed by atoms with van der Waals surface area (Å²) in [6.07, 6.45) is 0. The summed E-state index contributed by atoms with van der Waals surface area (Å²) < 4.78 is 6.80. The van der Waals surface area contributed by atoms with E-state index in [4.69, 9.17) is 4.74 Å². The van der Waals surface area contributed by atoms with Crippen LogP contribution >= 0.6 is 11.8 Å². The van der Waals surface area contributed by atoms with Crippen molar-refractivity contribution in [2.45, 2.75) is 42.6 Å². The molecule has 2 unspecified atom stereocenters. The molecule has 0 spiro atoms. The molecule has 176 valence electrons. The van der Waals surface area contributed by atoms with E-state index < -0.39 is 6.04 Å². The number of phenols is 1. The molecule has 0 bridgehead atoms. The van der Waals surface area contributed by atoms with Gasteiger partial charge in [-0.3, -0.25) is 9.59 Å². The van der Waals surface area contributed by atoms with E-state index in [1.54, 1.807) is 57.7 Å². The number of carbonyl (C=O) groups excluding carboxylic acids is 2. The zero-order valence-electron chi connectivity index (χ0n) is 18.7. The third kappa shape index (κ3) is 4.07. The van der Waals surface area contributed by atoms with Gasteiger partial charge in [0.15, 0.2) is 12.4 Å². The van der Waals surface area contributed by atoms with Crippen molar-refractivity contribution in [1.82, 2.24) is 30.4 Å². The highest BCUT2D eigenvalue weighted by molar-refractivity contribution is 8.01. The number of ether oxygens (including phenoxy) is 1. The number of tetrazole rings is 1. The Balaban J connectivity index is 1.28. The van der Waals surface area contributed by atoms with Gasteiger partial charge in [-0.15, -0.1) is 16.9 Å². The first-order valence-electron chi connectivity index (χ1n) is 10.8. The van der Waals surface area contributed by atoms with Gasteiger partial charge < -0.3 is 20.1 Å². The summed E-state index contributed by atoms with van der Waals surface area (Å²) >= 11 is 1.62. The zero-order valence-corrected chi connectivity index (χ0v) is 19.5. The average Bonchev–Trinajstić information content (AvgIpc) is 3.37. The Labute approximate surface area is 200 Å². The summed E-state index contributed by atoms with van der Waals surface area (Å²) in [5.74, 6) is 0.848. The maximum absolute atomic E-state index is 13.1. The molecular weight excluding hydrogens is 456 g/mol. The van der Waals surface area contributed by atoms with Crippen molar-refractivity contribution >= 4 is 23.6 Å². The van der Waals surface area contributed by atoms with Crippen LogP contribution in [0.3, 0.4) is 0 Å². The van der Waals surface area contributed by atoms with Crippen LogP contribution < -0.4 is 10.1 Å². The van der Waals surface area contributed by atoms with Gasteiger partial charge in [0.25, 0.3) is 5.91 Å². The summed E-state index contributed by atoms with van der Waals surface area (Å²) in [6.45, 7) is 4.34. The number of thioether (sulfide) groups is 1. The molecule has 34 heavy (non-hydrogen) atoms. The number of nitrogens with one attached hydrogen (secondary N) is 1. The first-order chi connectivity index (χ1) is 16.3. The molecule has 0 saturated carbocycles. The van der Waals surface area contributed by atoms with E-state index >= 15 is 0 Å². The molecule has 5 rings (SSSR count). The van der Waals surface area contributed by atoms with E-state index in [0.29, 0.717) is 18.1 Å². The molecule has 3 aromatic rings. The number of aromatic nitrogens is 4. The molecule has 2 saturated heterocycles. The number of carbonyl (C=O) groups is 2. The Morgan fingerprint density at radius 3 is 2.65 bits per heavy atom. The minimum atomic E-state index is -0.623. The number of amides is 2. The molecule has 0 radical (unpaired) electrons. The average molecular weight is 481 g/mol. The predicted octanol–water partition coefficient (Wildman–Crippen LogP) is 1.73. The summed E-state index contributed by atoms with van der Waals surface area (Å²) in [5, 5.41) is 24.4. The fraction of sp³-hybridized carbons (Fsp3) is 0.348. The molecule has 1 aromatic heterocycles. The van der Waals surface area contributed by atoms with Crippen LogP contribution in [0.2, 0.25) is 0 Å². The van der Waals surface area contributed by atoms with E-state index in [1.807, 2.05) is 32.0 Å². The molecule has 11 heteroatoms. The van der Waals surface area contributed by atoms with Crippen LogP contribution in [-0.4, -0.2) is 64.8 Å². The van der Waals surface area contributed by atoms with Gasteiger partial charge in [-0.1, -0.05) is 30.3 Å². The van der Waals surface area contributed by atoms with Crippen molar-refractivity contribution in [2.75, 3.05) is 6.61 Å². The SMILES string of the molecule is CC1(C)S[C@@H]2C(NC(=O)COc3ccccc3)C(=O)N2C1c1nnnn1Cc1ccc(O)cc1. The van der Waals surface area contributed by atoms with E-state index in [0.717, 1.165) is 5.56 Å². The number of β-lactam (4-membered cyclic amide) rings is 1. The van der Waals surface area contributed by atoms with Gasteiger partial charge in [0.1, 0.15) is 29.0 Å². The molecule has 2 aliphatic heterocycles. The Hall–Kier alpha value is -3.60. The van der Waals surface area contributed by atoms with Gasteiger partial charge in [-0.2, -0.15) is 0 Å². The lowest BCUT2D eigenvalue weighted by molar-refractivity contribution is -0.152. The summed E-state index contributed by atoms with van der Waals surface area (Å²) in [5.41, 5.74) is 0.921. The van der Waals surface area contributed by atoms with E-state index in [1.165, 1.54) is 0 Å². The van der Waals surface area contributed by atoms with Gasteiger partial charge in [-0.25, -0.2) is 4.68 Å². The molecule has 3 heterocycles. The fourth-order valence-electron chi connectivity index (χ4n) is 4.34. The first kappa shape index (κ1) is 22.2. The number of benzene rings is 2. The molecule has 2 fully saturated rings. The highest BCUT2D eigenvalue weighted by Crippen LogP contribution is 2.56. The van der Waals surface area contributed by atoms with Crippen molar-refractivity contribution in [3.63, 3.8) is 0 Å². The lowest BCUT2D eigenvalue weighted by atomic mass is 9.95. The highest BCUT2D eigenvalue weighted by atomic mass is 32.2. The second kappa shape index (κ2) is 8.64. The summed E-state index contributed by atoms with van der Waals surface area (Å²) in [7, 11) is 0. The maximum Gasteiger partial charge on any atom is 0.258 e. The van der Waals surface area contributed by atoms with Crippen LogP contribution in [0.5, 0.6) is 11.5 Å². The van der Waals surface area contributed by atoms with Crippen LogP contribution in [0.15, 0.2) is 54.6 Å². The number of hydrogen-bond acceptors (Lipinski definition) is 8. The molecule has 2 aliphatic rings. The Bertz CT molecular complexity index is 1200. The molecule has 2 amide bonds. The number of para-hydroxylation sites is 1. The minimum absolute atomic E-state index is 0.164. The molecule has 2 aromatic carbocycles. The topological polar surface area (TPSA) is 122 Å². The van der Waals surface area contributed by atoms with Crippen LogP contribution in [-0.2, 0) is 16.1 Å². The molecule has 0 aliphatic carbocycles. The van der Waals surface area contributed by atoms with E-state index in [-0.39, 0.29) is 40.3 Å². The van der Waals surface area contributed by atoms with Crippen molar-refractivity contribution in [1.29, 1.82) is 0 Å². The third-order valence-corrected chi connectivity index (χ3v) is 7.52. The van der Waals surface area contributed by atoms with Gasteiger partial charge in [0.2, 0.25) is 5.91 Å². The van der Waals surface area contributed by atoms with Gasteiger partial charge in [-0.05, 0) is 54.1 Å². The van der Waals surface area contributed by atoms with Crippen LogP contribution in [0.4, 0.5) is 0 Å². The maximum atomic E-state index is 13.1. The summed E-state index contributed by atoms with van der Waals surface area (Å²) in [6, 6.07) is 14.9. The lowest BCUT2D eigenvalue weighted by Crippen LogP contribution is -2.68. The second-order valence-corrected chi connectivity index (χ2v) is 10.5. The van der Waals surface area contributed by atoms with Crippen molar-refractivity contribution in [3.8, 4) is 11.5 Å². The standard InChI is InChI=1S/C23H24N6O4S/c1-23(2)19(20-25-26-27-28(20)12-14-8-10-15(30)11-9-14)29-21(32)18(22(29)34-23)24-17(31)13-33-16-6-4-3-5-7-16/h3-11,18-19,22,30H,12-13H2,1-2H3,(H,24,31)/t18?,19?,22-/m1/s1. The normalized spacial score (nSPS) is 22.7. The predicted molar refractivity (Wildman–Crippen MR) is 124 cm³/mol. The Morgan fingerprint density at radius 1 is 1.18 bits per heavy atom. The largest absolute Gasteiger partial charge is 0.508 e. The molecule has 10 nitrogen and oxygen atoms in total. The number of fused-ring (bicyclic) bond motifs is 1. The fourth-order valence-corrected chi connectivity index (χ4v) is 5.97. The van der Waals surface area contributed by atoms with Crippen LogP contribution in [0.1, 0.15) is 31.3 Å². The van der Waals surface area contributed by atoms with Crippen molar-refractivity contribution in [3.05, 3.63) is 66.0 Å². The number of nitrogens with zero attached hydrogens (tertiary/aromatic N) is 5. The van der Waals surface area contributed by atoms with Crippen LogP contribution in [0.25, 0.3) is 0 Å². The van der Waals surface area contributed by atoms with Gasteiger partial charge in [0, 0.05) is 4.75 Å². The number of rotatable bonds is 7. The Morgan fingerprint density at radius 2 is 1.91 bits per heavy atom. The summed E-state index contributed by atoms with van der Waals surface area (Å²) in [4.78, 5) is 27.3. The van der Waals surface area contributed by atoms with Crippen LogP contribution in [0, 0.1) is 0 Å². The van der Waals surface area contributed by atoms with E-state index in [2.05, 4.69) is 20.8 Å². The quantitative estimate of drug-likeness (QED) is 0.490. The zero-order chi connectivity index (χ0) is 23.9. The smallest absolute Gasteiger partial charge is 0.258 e. The Kier molecular flexibility index (Phi) is 5.64. The highest BCUT2D eigenvalue weighted by Gasteiger charge is 2.63. The molecular formula is C23H24N6O4S. The van der Waals surface area contributed by atoms with Crippen molar-refractivity contribution in [2.24, 2.45) is 0 Å². The lowest BCUT2D eigenvalue weighted by Gasteiger charge is -2.44. The van der Waals surface area contributed by atoms with Gasteiger partial charge >= 0.3 is 0 Å². The van der Waals surface area contributed by atoms with Gasteiger partial charge in [0.05, 0.1) is 6.54 Å². The second-order valence-electron chi connectivity index (χ2n) is 8.77. The monoisotopic (exact) mass is 480 g/mol. The first-order valence-corrected chi connectivity index (χ1v) is 11.7.